The highest BCUT2D eigenvalue weighted by molar-refractivity contribution is 9.10. The molecule has 0 atom stereocenters. The Kier molecular flexibility index (Phi) is 4.21. The molecular weight excluding hydrogens is 259 g/mol. The van der Waals surface area contributed by atoms with E-state index in [1.54, 1.807) is 19.1 Å². The van der Waals surface area contributed by atoms with Gasteiger partial charge in [0.1, 0.15) is 5.82 Å². The first-order chi connectivity index (χ1) is 7.10. The number of carbonyl (C=O) groups excluding carboxylic acids is 1. The minimum Gasteiger partial charge on any atom is -0.289 e. The molecule has 0 fully saturated rings. The van der Waals surface area contributed by atoms with E-state index in [1.165, 1.54) is 12.1 Å². The number of allylic oxidation sites excluding steroid dienone is 2. The summed E-state index contributed by atoms with van der Waals surface area (Å²) in [5, 5.41) is 0. The maximum absolute atomic E-state index is 13.4. The smallest absolute Gasteiger partial charge is 0.191 e. The molecule has 1 aromatic rings. The number of hydrogen-bond acceptors (Lipinski definition) is 1. The fraction of sp³-hybridized carbons (Fsp3) is 0.250. The van der Waals surface area contributed by atoms with Crippen LogP contribution in [0, 0.1) is 5.82 Å². The van der Waals surface area contributed by atoms with Crippen LogP contribution in [0.25, 0.3) is 0 Å². The summed E-state index contributed by atoms with van der Waals surface area (Å²) in [5.41, 5.74) is 0.756. The van der Waals surface area contributed by atoms with Gasteiger partial charge in [0, 0.05) is 4.47 Å². The fourth-order valence-electron chi connectivity index (χ4n) is 1.34. The number of benzene rings is 1. The first kappa shape index (κ1) is 12.1. The molecule has 0 saturated heterocycles. The summed E-state index contributed by atoms with van der Waals surface area (Å²) in [4.78, 5) is 11.9. The molecule has 0 aliphatic heterocycles. The molecule has 0 N–H and O–H groups in total. The predicted molar refractivity (Wildman–Crippen MR) is 62.5 cm³/mol. The Hall–Kier alpha value is -0.960. The van der Waals surface area contributed by atoms with Crippen LogP contribution in [0.15, 0.2) is 34.3 Å². The lowest BCUT2D eigenvalue weighted by molar-refractivity contribution is 0.102. The van der Waals surface area contributed by atoms with Crippen molar-refractivity contribution in [3.63, 3.8) is 0 Å². The van der Waals surface area contributed by atoms with Gasteiger partial charge >= 0.3 is 0 Å². The molecule has 3 heteroatoms. The van der Waals surface area contributed by atoms with Gasteiger partial charge in [-0.2, -0.15) is 0 Å². The van der Waals surface area contributed by atoms with Gasteiger partial charge in [-0.25, -0.2) is 4.39 Å². The molecule has 0 spiro atoms. The van der Waals surface area contributed by atoms with Gasteiger partial charge in [0.05, 0.1) is 5.56 Å². The van der Waals surface area contributed by atoms with E-state index in [0.29, 0.717) is 16.5 Å². The molecule has 0 radical (unpaired) electrons. The van der Waals surface area contributed by atoms with Crippen molar-refractivity contribution in [1.82, 2.24) is 0 Å². The van der Waals surface area contributed by atoms with Crippen molar-refractivity contribution in [2.75, 3.05) is 0 Å². The zero-order valence-corrected chi connectivity index (χ0v) is 10.3. The Morgan fingerprint density at radius 1 is 1.53 bits per heavy atom. The fourth-order valence-corrected chi connectivity index (χ4v) is 1.70. The topological polar surface area (TPSA) is 17.1 Å². The average Bonchev–Trinajstić information content (AvgIpc) is 2.23. The minimum absolute atomic E-state index is 0.124. The SMILES string of the molecule is C/C=C(/CC)C(=O)c1cc(Br)ccc1F. The lowest BCUT2D eigenvalue weighted by Gasteiger charge is -2.05. The van der Waals surface area contributed by atoms with E-state index in [1.807, 2.05) is 6.92 Å². The van der Waals surface area contributed by atoms with Crippen molar-refractivity contribution < 1.29 is 9.18 Å². The third kappa shape index (κ3) is 2.75. The molecule has 1 aromatic carbocycles. The third-order valence-electron chi connectivity index (χ3n) is 2.19. The van der Waals surface area contributed by atoms with Crippen LogP contribution in [-0.2, 0) is 0 Å². The number of rotatable bonds is 3. The summed E-state index contributed by atoms with van der Waals surface area (Å²) in [6, 6.07) is 4.38. The maximum Gasteiger partial charge on any atom is 0.191 e. The van der Waals surface area contributed by atoms with Gasteiger partial charge in [-0.05, 0) is 37.1 Å². The van der Waals surface area contributed by atoms with Crippen LogP contribution < -0.4 is 0 Å². The van der Waals surface area contributed by atoms with E-state index in [0.717, 1.165) is 0 Å². The summed E-state index contributed by atoms with van der Waals surface area (Å²) in [5.74, 6) is -0.713. The van der Waals surface area contributed by atoms with Crippen LogP contribution in [0.2, 0.25) is 0 Å². The van der Waals surface area contributed by atoms with Crippen molar-refractivity contribution in [3.05, 3.63) is 45.7 Å². The van der Waals surface area contributed by atoms with E-state index < -0.39 is 5.82 Å². The lowest BCUT2D eigenvalue weighted by atomic mass is 10.0. The van der Waals surface area contributed by atoms with Crippen molar-refractivity contribution in [2.24, 2.45) is 0 Å². The van der Waals surface area contributed by atoms with Crippen molar-refractivity contribution >= 4 is 21.7 Å². The third-order valence-corrected chi connectivity index (χ3v) is 2.69. The second-order valence-corrected chi connectivity index (χ2v) is 4.04. The highest BCUT2D eigenvalue weighted by Gasteiger charge is 2.14. The quantitative estimate of drug-likeness (QED) is 0.596. The average molecular weight is 271 g/mol. The predicted octanol–water partition coefficient (Wildman–Crippen LogP) is 4.13. The summed E-state index contributed by atoms with van der Waals surface area (Å²) >= 11 is 3.22. The summed E-state index contributed by atoms with van der Waals surface area (Å²) in [6.07, 6.45) is 2.34. The zero-order valence-electron chi connectivity index (χ0n) is 8.68. The first-order valence-electron chi connectivity index (χ1n) is 4.75. The van der Waals surface area contributed by atoms with Gasteiger partial charge in [-0.3, -0.25) is 4.79 Å². The molecule has 0 saturated carbocycles. The summed E-state index contributed by atoms with van der Waals surface area (Å²) in [7, 11) is 0. The molecule has 0 aliphatic rings. The molecule has 0 heterocycles. The lowest BCUT2D eigenvalue weighted by Crippen LogP contribution is -2.05. The molecule has 0 amide bonds. The molecule has 15 heavy (non-hydrogen) atoms. The summed E-state index contributed by atoms with van der Waals surface area (Å²) in [6.45, 7) is 3.66. The van der Waals surface area contributed by atoms with Crippen LogP contribution in [-0.4, -0.2) is 5.78 Å². The number of ketones is 1. The molecule has 80 valence electrons. The van der Waals surface area contributed by atoms with Crippen molar-refractivity contribution in [2.45, 2.75) is 20.3 Å². The second kappa shape index (κ2) is 5.21. The molecule has 0 aromatic heterocycles. The number of Topliss-reactive ketones (excluding diaryl/α,β-unsaturated/α-hetero) is 1. The largest absolute Gasteiger partial charge is 0.289 e. The molecular formula is C12H12BrFO. The Balaban J connectivity index is 3.16. The maximum atomic E-state index is 13.4. The van der Waals surface area contributed by atoms with Crippen molar-refractivity contribution in [1.29, 1.82) is 0 Å². The summed E-state index contributed by atoms with van der Waals surface area (Å²) < 4.78 is 14.1. The molecule has 0 aliphatic carbocycles. The van der Waals surface area contributed by atoms with E-state index in [-0.39, 0.29) is 11.3 Å². The van der Waals surface area contributed by atoms with Gasteiger partial charge in [0.15, 0.2) is 5.78 Å². The Morgan fingerprint density at radius 3 is 2.73 bits per heavy atom. The van der Waals surface area contributed by atoms with Gasteiger partial charge in [-0.1, -0.05) is 28.9 Å². The normalized spacial score (nSPS) is 11.6. The minimum atomic E-state index is -0.476. The molecule has 0 unspecified atom stereocenters. The van der Waals surface area contributed by atoms with Crippen LogP contribution in [0.5, 0.6) is 0 Å². The Morgan fingerprint density at radius 2 is 2.20 bits per heavy atom. The molecule has 0 bridgehead atoms. The van der Waals surface area contributed by atoms with Crippen LogP contribution >= 0.6 is 15.9 Å². The van der Waals surface area contributed by atoms with E-state index >= 15 is 0 Å². The van der Waals surface area contributed by atoms with Gasteiger partial charge in [-0.15, -0.1) is 0 Å². The van der Waals surface area contributed by atoms with Gasteiger partial charge in [0.2, 0.25) is 0 Å². The zero-order chi connectivity index (χ0) is 11.4. The first-order valence-corrected chi connectivity index (χ1v) is 5.54. The second-order valence-electron chi connectivity index (χ2n) is 3.12. The Labute approximate surface area is 97.1 Å². The number of carbonyl (C=O) groups is 1. The van der Waals surface area contributed by atoms with E-state index in [9.17, 15) is 9.18 Å². The highest BCUT2D eigenvalue weighted by Crippen LogP contribution is 2.19. The van der Waals surface area contributed by atoms with Crippen molar-refractivity contribution in [3.8, 4) is 0 Å². The standard InChI is InChI=1S/C12H12BrFO/c1-3-8(4-2)12(15)10-7-9(13)5-6-11(10)14/h3,5-7H,4H2,1-2H3/b8-3-. The van der Waals surface area contributed by atoms with Crippen LogP contribution in [0.4, 0.5) is 4.39 Å². The number of hydrogen-bond donors (Lipinski definition) is 0. The molecule has 1 nitrogen and oxygen atoms in total. The highest BCUT2D eigenvalue weighted by atomic mass is 79.9. The van der Waals surface area contributed by atoms with Gasteiger partial charge in [0.25, 0.3) is 0 Å². The molecule has 1 rings (SSSR count). The Bertz CT molecular complexity index is 410. The van der Waals surface area contributed by atoms with E-state index in [2.05, 4.69) is 15.9 Å². The van der Waals surface area contributed by atoms with E-state index in [4.69, 9.17) is 0 Å². The van der Waals surface area contributed by atoms with Gasteiger partial charge < -0.3 is 0 Å². The monoisotopic (exact) mass is 270 g/mol. The van der Waals surface area contributed by atoms with Crippen LogP contribution in [0.3, 0.4) is 0 Å². The number of halogens is 2. The van der Waals surface area contributed by atoms with Crippen LogP contribution in [0.1, 0.15) is 30.6 Å².